The van der Waals surface area contributed by atoms with Crippen molar-refractivity contribution in [2.75, 3.05) is 0 Å². The first-order chi connectivity index (χ1) is 3.13. The molecule has 2 N–H and O–H groups in total. The van der Waals surface area contributed by atoms with Crippen LogP contribution in [0.1, 0.15) is 13.8 Å². The molecule has 0 fully saturated rings. The van der Waals surface area contributed by atoms with Crippen LogP contribution in [0.2, 0.25) is 0 Å². The van der Waals surface area contributed by atoms with E-state index in [0.717, 1.165) is 0 Å². The van der Waals surface area contributed by atoms with Gasteiger partial charge in [-0.25, -0.2) is 0 Å². The number of thiol groups is 1. The van der Waals surface area contributed by atoms with Crippen LogP contribution in [0.3, 0.4) is 0 Å². The Morgan fingerprint density at radius 2 is 1.55 bits per heavy atom. The van der Waals surface area contributed by atoms with Gasteiger partial charge in [0, 0.05) is 5.25 Å². The molecule has 0 unspecified atom stereocenters. The van der Waals surface area contributed by atoms with Gasteiger partial charge in [-0.2, -0.15) is 0 Å². The summed E-state index contributed by atoms with van der Waals surface area (Å²) in [6.07, 6.45) is 0. The molecule has 0 heterocycles. The van der Waals surface area contributed by atoms with E-state index in [9.17, 15) is 4.79 Å². The van der Waals surface area contributed by atoms with Gasteiger partial charge in [0.05, 0.1) is 0 Å². The van der Waals surface area contributed by atoms with E-state index in [-0.39, 0.29) is 74.5 Å². The topological polar surface area (TPSA) is 77.1 Å². The van der Waals surface area contributed by atoms with E-state index in [1.54, 1.807) is 0 Å². The smallest absolute Gasteiger partial charge is 0.870 e. The van der Waals surface area contributed by atoms with Crippen molar-refractivity contribution in [1.82, 2.24) is 0 Å². The molecule has 0 aliphatic carbocycles. The molecule has 0 aromatic heterocycles. The van der Waals surface area contributed by atoms with Gasteiger partial charge in [-0.3, -0.25) is 4.79 Å². The SMILES string of the molecule is CC(C)SC(=O)S.[Na+].[Na+].[OH-].[OH-]. The molecule has 0 radical (unpaired) electrons. The zero-order chi connectivity index (χ0) is 5.86. The van der Waals surface area contributed by atoms with Crippen LogP contribution in [0.15, 0.2) is 0 Å². The minimum absolute atomic E-state index is 0. The Balaban J connectivity index is -0.0000000300. The van der Waals surface area contributed by atoms with Crippen molar-refractivity contribution >= 4 is 28.8 Å². The molecular formula is C4H10Na2O3S2. The van der Waals surface area contributed by atoms with Gasteiger partial charge >= 0.3 is 59.1 Å². The zero-order valence-electron chi connectivity index (χ0n) is 7.24. The molecule has 0 spiro atoms. The number of hydrogen-bond donors (Lipinski definition) is 1. The molecule has 0 aromatic carbocycles. The predicted molar refractivity (Wildman–Crippen MR) is 41.0 cm³/mol. The fraction of sp³-hybridized carbons (Fsp3) is 0.750. The predicted octanol–water partition coefficient (Wildman–Crippen LogP) is -4.17. The van der Waals surface area contributed by atoms with E-state index >= 15 is 0 Å². The average molecular weight is 216 g/mol. The van der Waals surface area contributed by atoms with E-state index in [1.165, 1.54) is 11.8 Å². The monoisotopic (exact) mass is 216 g/mol. The van der Waals surface area contributed by atoms with Crippen molar-refractivity contribution in [2.45, 2.75) is 19.1 Å². The van der Waals surface area contributed by atoms with Crippen LogP contribution in [-0.2, 0) is 0 Å². The Morgan fingerprint density at radius 1 is 1.27 bits per heavy atom. The standard InChI is InChI=1S/C4H8OS2.2Na.2H2O/c1-3(2)7-4(5)6;;;;/h3H,1-2H3,(H,5,6);;;2*1H2/q;2*+1;;/p-2. The fourth-order valence-electron chi connectivity index (χ4n) is 0.202. The number of rotatable bonds is 1. The molecule has 0 aromatic rings. The molecular weight excluding hydrogens is 206 g/mol. The Bertz CT molecular complexity index is 81.7. The second kappa shape index (κ2) is 18.2. The molecule has 7 heteroatoms. The fourth-order valence-corrected chi connectivity index (χ4v) is 1.24. The molecule has 0 saturated heterocycles. The molecule has 0 bridgehead atoms. The van der Waals surface area contributed by atoms with Gasteiger partial charge in [0.15, 0.2) is 0 Å². The summed E-state index contributed by atoms with van der Waals surface area (Å²) in [7, 11) is 0. The molecule has 0 atom stereocenters. The number of hydrogen-bond acceptors (Lipinski definition) is 4. The van der Waals surface area contributed by atoms with Crippen LogP contribution in [0.4, 0.5) is 4.79 Å². The molecule has 0 saturated carbocycles. The maximum absolute atomic E-state index is 10.1. The van der Waals surface area contributed by atoms with Crippen molar-refractivity contribution in [2.24, 2.45) is 0 Å². The molecule has 0 aliphatic heterocycles. The van der Waals surface area contributed by atoms with E-state index in [2.05, 4.69) is 12.6 Å². The van der Waals surface area contributed by atoms with Gasteiger partial charge in [0.1, 0.15) is 0 Å². The van der Waals surface area contributed by atoms with E-state index in [4.69, 9.17) is 0 Å². The molecule has 58 valence electrons. The quantitative estimate of drug-likeness (QED) is 0.356. The van der Waals surface area contributed by atoms with Gasteiger partial charge in [0.2, 0.25) is 4.45 Å². The van der Waals surface area contributed by atoms with Crippen LogP contribution < -0.4 is 59.1 Å². The number of thioether (sulfide) groups is 1. The van der Waals surface area contributed by atoms with Crippen molar-refractivity contribution < 1.29 is 74.9 Å². The van der Waals surface area contributed by atoms with Crippen molar-refractivity contribution in [3.05, 3.63) is 0 Å². The van der Waals surface area contributed by atoms with E-state index in [1.807, 2.05) is 13.8 Å². The summed E-state index contributed by atoms with van der Waals surface area (Å²) in [6.45, 7) is 3.91. The van der Waals surface area contributed by atoms with E-state index < -0.39 is 0 Å². The Kier molecular flexibility index (Phi) is 48.2. The third-order valence-corrected chi connectivity index (χ3v) is 1.33. The van der Waals surface area contributed by atoms with Gasteiger partial charge < -0.3 is 11.0 Å². The Morgan fingerprint density at radius 3 is 1.55 bits per heavy atom. The maximum Gasteiger partial charge on any atom is 1.00 e. The summed E-state index contributed by atoms with van der Waals surface area (Å²) in [5.74, 6) is 0. The largest absolute Gasteiger partial charge is 1.00 e. The molecule has 3 nitrogen and oxygen atoms in total. The third kappa shape index (κ3) is 32.9. The number of carbonyl (C=O) groups is 1. The van der Waals surface area contributed by atoms with Crippen molar-refractivity contribution in [1.29, 1.82) is 0 Å². The van der Waals surface area contributed by atoms with E-state index in [0.29, 0.717) is 5.25 Å². The van der Waals surface area contributed by atoms with Gasteiger partial charge in [-0.05, 0) is 0 Å². The molecule has 11 heavy (non-hydrogen) atoms. The van der Waals surface area contributed by atoms with Crippen LogP contribution in [0, 0.1) is 0 Å². The normalized spacial score (nSPS) is 6.18. The first-order valence-corrected chi connectivity index (χ1v) is 3.35. The summed E-state index contributed by atoms with van der Waals surface area (Å²) in [5.41, 5.74) is 0. The summed E-state index contributed by atoms with van der Waals surface area (Å²) >= 11 is 4.80. The van der Waals surface area contributed by atoms with Crippen molar-refractivity contribution in [3.63, 3.8) is 0 Å². The van der Waals surface area contributed by atoms with Crippen LogP contribution in [-0.4, -0.2) is 20.6 Å². The summed E-state index contributed by atoms with van der Waals surface area (Å²) < 4.78 is -0.102. The van der Waals surface area contributed by atoms with Gasteiger partial charge in [-0.1, -0.05) is 38.2 Å². The first kappa shape index (κ1) is 29.2. The summed E-state index contributed by atoms with van der Waals surface area (Å²) in [6, 6.07) is 0. The van der Waals surface area contributed by atoms with Gasteiger partial charge in [-0.15, -0.1) is 0 Å². The Labute approximate surface area is 121 Å². The van der Waals surface area contributed by atoms with Crippen LogP contribution in [0.25, 0.3) is 0 Å². The van der Waals surface area contributed by atoms with Crippen LogP contribution >= 0.6 is 24.4 Å². The minimum Gasteiger partial charge on any atom is -0.870 e. The average Bonchev–Trinajstić information content (AvgIpc) is 1.27. The zero-order valence-corrected chi connectivity index (χ0v) is 12.9. The second-order valence-corrected chi connectivity index (χ2v) is 3.69. The van der Waals surface area contributed by atoms with Gasteiger partial charge in [0.25, 0.3) is 0 Å². The molecule has 0 amide bonds. The third-order valence-electron chi connectivity index (χ3n) is 0.337. The number of carbonyl (C=O) groups excluding carboxylic acids is 1. The summed E-state index contributed by atoms with van der Waals surface area (Å²) in [4.78, 5) is 10.1. The van der Waals surface area contributed by atoms with Crippen LogP contribution in [0.5, 0.6) is 0 Å². The second-order valence-electron chi connectivity index (χ2n) is 1.43. The maximum atomic E-state index is 10.1. The first-order valence-electron chi connectivity index (χ1n) is 2.02. The molecule has 0 aliphatic rings. The minimum atomic E-state index is -0.102. The Hall–Kier alpha value is 2.29. The van der Waals surface area contributed by atoms with Crippen molar-refractivity contribution in [3.8, 4) is 0 Å². The summed E-state index contributed by atoms with van der Waals surface area (Å²) in [5, 5.41) is 0.366. The molecule has 0 rings (SSSR count).